The number of para-hydroxylation sites is 1. The lowest BCUT2D eigenvalue weighted by molar-refractivity contribution is -0.123. The second kappa shape index (κ2) is 15.1. The summed E-state index contributed by atoms with van der Waals surface area (Å²) in [5.74, 6) is 0.892. The van der Waals surface area contributed by atoms with Crippen LogP contribution in [0.2, 0.25) is 0 Å². The summed E-state index contributed by atoms with van der Waals surface area (Å²) in [4.78, 5) is 45.3. The third-order valence-corrected chi connectivity index (χ3v) is 8.53. The number of amides is 1. The highest BCUT2D eigenvalue weighted by Crippen LogP contribution is 2.36. The minimum absolute atomic E-state index is 0.112. The number of nitrogens with zero attached hydrogens (tertiary/aromatic N) is 3. The molecule has 1 N–H and O–H groups in total. The molecular formula is C40H44N4O7. The zero-order valence-corrected chi connectivity index (χ0v) is 29.7. The van der Waals surface area contributed by atoms with Gasteiger partial charge >= 0.3 is 12.2 Å². The number of benzene rings is 3. The number of rotatable bonds is 11. The maximum Gasteiger partial charge on any atom is 0.419 e. The third kappa shape index (κ3) is 8.42. The van der Waals surface area contributed by atoms with E-state index in [1.165, 1.54) is 9.13 Å². The molecule has 1 amide bonds. The monoisotopic (exact) mass is 692 g/mol. The second-order valence-corrected chi connectivity index (χ2v) is 13.8. The standard InChI is InChI=1S/C40H44N4O7/c1-6-12-36-42-30(23-44(36)39(47)51-40(3,4)5)21-32(28-17-18-34-35(20-28)50-25-49-34)37(45)41-26(2)19-29-22-43(33-16-11-10-15-31(29)33)38(46)48-24-27-13-8-7-9-14-27/h7-11,13-18,20,22-23,26,32H,6,12,19,21,24-25H2,1-5H3,(H,41,45)/t26-,32?/m1/s1. The Hall–Kier alpha value is -5.58. The minimum atomic E-state index is -0.676. The van der Waals surface area contributed by atoms with Gasteiger partial charge in [0.15, 0.2) is 11.5 Å². The van der Waals surface area contributed by atoms with Gasteiger partial charge in [0.2, 0.25) is 12.7 Å². The molecule has 1 unspecified atom stereocenters. The average Bonchev–Trinajstić information content (AvgIpc) is 3.83. The summed E-state index contributed by atoms with van der Waals surface area (Å²) in [5.41, 5.74) is 3.16. The van der Waals surface area contributed by atoms with Crippen LogP contribution in [0.5, 0.6) is 11.5 Å². The Morgan fingerprint density at radius 3 is 2.41 bits per heavy atom. The third-order valence-electron chi connectivity index (χ3n) is 8.53. The molecule has 3 aromatic carbocycles. The molecule has 0 aliphatic carbocycles. The summed E-state index contributed by atoms with van der Waals surface area (Å²) in [6.45, 7) is 9.68. The lowest BCUT2D eigenvalue weighted by Gasteiger charge is -2.21. The first-order valence-electron chi connectivity index (χ1n) is 17.3. The number of fused-ring (bicyclic) bond motifs is 2. The molecule has 2 atom stereocenters. The number of aromatic nitrogens is 3. The Morgan fingerprint density at radius 1 is 0.902 bits per heavy atom. The van der Waals surface area contributed by atoms with Gasteiger partial charge in [-0.05, 0) is 75.4 Å². The fourth-order valence-corrected chi connectivity index (χ4v) is 6.22. The lowest BCUT2D eigenvalue weighted by Crippen LogP contribution is -2.38. The molecule has 0 saturated carbocycles. The molecule has 2 aromatic heterocycles. The van der Waals surface area contributed by atoms with Gasteiger partial charge in [0, 0.05) is 36.7 Å². The molecular weight excluding hydrogens is 648 g/mol. The first-order valence-corrected chi connectivity index (χ1v) is 17.3. The highest BCUT2D eigenvalue weighted by Gasteiger charge is 2.28. The van der Waals surface area contributed by atoms with E-state index in [-0.39, 0.29) is 31.8 Å². The topological polar surface area (TPSA) is 123 Å². The van der Waals surface area contributed by atoms with Gasteiger partial charge in [-0.1, -0.05) is 61.5 Å². The van der Waals surface area contributed by atoms with Crippen LogP contribution in [0.1, 0.15) is 75.2 Å². The SMILES string of the molecule is CCCc1nc(CC(C(=O)N[C@H](C)Cc2cn(C(=O)OCc3ccccc3)c3ccccc23)c2ccc3c(c2)OCO3)cn1C(=O)OC(C)(C)C. The van der Waals surface area contributed by atoms with Crippen LogP contribution in [0, 0.1) is 0 Å². The zero-order valence-electron chi connectivity index (χ0n) is 29.7. The zero-order chi connectivity index (χ0) is 36.1. The van der Waals surface area contributed by atoms with Crippen molar-refractivity contribution in [3.8, 4) is 11.5 Å². The van der Waals surface area contributed by atoms with Crippen molar-refractivity contribution in [1.82, 2.24) is 19.4 Å². The molecule has 3 heterocycles. The van der Waals surface area contributed by atoms with Crippen molar-refractivity contribution in [2.24, 2.45) is 0 Å². The Bertz CT molecular complexity index is 2030. The summed E-state index contributed by atoms with van der Waals surface area (Å²) < 4.78 is 25.4. The second-order valence-electron chi connectivity index (χ2n) is 13.8. The number of aryl methyl sites for hydroxylation is 1. The van der Waals surface area contributed by atoms with E-state index in [0.29, 0.717) is 35.9 Å². The van der Waals surface area contributed by atoms with Crippen LogP contribution < -0.4 is 14.8 Å². The van der Waals surface area contributed by atoms with Gasteiger partial charge in [0.1, 0.15) is 18.0 Å². The van der Waals surface area contributed by atoms with Crippen LogP contribution in [0.15, 0.2) is 85.2 Å². The highest BCUT2D eigenvalue weighted by molar-refractivity contribution is 5.92. The van der Waals surface area contributed by atoms with Gasteiger partial charge in [-0.3, -0.25) is 9.36 Å². The van der Waals surface area contributed by atoms with E-state index in [1.54, 1.807) is 18.5 Å². The van der Waals surface area contributed by atoms with Crippen molar-refractivity contribution < 1.29 is 33.3 Å². The van der Waals surface area contributed by atoms with Gasteiger partial charge in [-0.2, -0.15) is 0 Å². The largest absolute Gasteiger partial charge is 0.454 e. The van der Waals surface area contributed by atoms with Crippen molar-refractivity contribution in [2.45, 2.75) is 84.5 Å². The lowest BCUT2D eigenvalue weighted by atomic mass is 9.92. The molecule has 0 spiro atoms. The summed E-state index contributed by atoms with van der Waals surface area (Å²) >= 11 is 0. The van der Waals surface area contributed by atoms with Crippen molar-refractivity contribution >= 4 is 29.0 Å². The van der Waals surface area contributed by atoms with E-state index in [9.17, 15) is 14.4 Å². The molecule has 0 radical (unpaired) electrons. The maximum absolute atomic E-state index is 14.2. The number of nitrogens with one attached hydrogen (secondary N) is 1. The van der Waals surface area contributed by atoms with Crippen LogP contribution in [0.25, 0.3) is 10.9 Å². The predicted molar refractivity (Wildman–Crippen MR) is 192 cm³/mol. The molecule has 0 fully saturated rings. The molecule has 6 rings (SSSR count). The van der Waals surface area contributed by atoms with E-state index in [4.69, 9.17) is 23.9 Å². The molecule has 0 saturated heterocycles. The van der Waals surface area contributed by atoms with Gasteiger partial charge in [-0.15, -0.1) is 0 Å². The fourth-order valence-electron chi connectivity index (χ4n) is 6.22. The van der Waals surface area contributed by atoms with Gasteiger partial charge in [-0.25, -0.2) is 19.1 Å². The normalized spacial score (nSPS) is 13.5. The number of hydrogen-bond donors (Lipinski definition) is 1. The van der Waals surface area contributed by atoms with E-state index < -0.39 is 23.7 Å². The fraction of sp³-hybridized carbons (Fsp3) is 0.350. The van der Waals surface area contributed by atoms with Gasteiger partial charge in [0.25, 0.3) is 0 Å². The predicted octanol–water partition coefficient (Wildman–Crippen LogP) is 7.56. The number of carbonyl (C=O) groups excluding carboxylic acids is 3. The van der Waals surface area contributed by atoms with Crippen molar-refractivity contribution in [2.75, 3.05) is 6.79 Å². The van der Waals surface area contributed by atoms with Gasteiger partial charge in [0.05, 0.1) is 17.1 Å². The van der Waals surface area contributed by atoms with Crippen LogP contribution >= 0.6 is 0 Å². The van der Waals surface area contributed by atoms with Gasteiger partial charge < -0.3 is 24.3 Å². The smallest absolute Gasteiger partial charge is 0.419 e. The molecule has 5 aromatic rings. The first kappa shape index (κ1) is 35.3. The number of carbonyl (C=O) groups is 3. The Kier molecular flexibility index (Phi) is 10.5. The Morgan fingerprint density at radius 2 is 1.65 bits per heavy atom. The number of ether oxygens (including phenoxy) is 4. The van der Waals surface area contributed by atoms with Crippen molar-refractivity contribution in [3.63, 3.8) is 0 Å². The summed E-state index contributed by atoms with van der Waals surface area (Å²) in [7, 11) is 0. The van der Waals surface area contributed by atoms with E-state index in [0.717, 1.165) is 34.0 Å². The van der Waals surface area contributed by atoms with Crippen LogP contribution in [-0.4, -0.2) is 50.6 Å². The highest BCUT2D eigenvalue weighted by atomic mass is 16.7. The summed E-state index contributed by atoms with van der Waals surface area (Å²) in [6, 6.07) is 22.4. The summed E-state index contributed by atoms with van der Waals surface area (Å²) in [5, 5.41) is 4.10. The van der Waals surface area contributed by atoms with E-state index in [1.807, 2.05) is 101 Å². The van der Waals surface area contributed by atoms with Crippen LogP contribution in [0.3, 0.4) is 0 Å². The van der Waals surface area contributed by atoms with Crippen molar-refractivity contribution in [1.29, 1.82) is 0 Å². The molecule has 11 heteroatoms. The molecule has 11 nitrogen and oxygen atoms in total. The molecule has 1 aliphatic rings. The van der Waals surface area contributed by atoms with Crippen molar-refractivity contribution in [3.05, 3.63) is 113 Å². The quantitative estimate of drug-likeness (QED) is 0.151. The average molecular weight is 693 g/mol. The molecule has 51 heavy (non-hydrogen) atoms. The number of hydrogen-bond acceptors (Lipinski definition) is 8. The minimum Gasteiger partial charge on any atom is -0.454 e. The first-order chi connectivity index (χ1) is 24.5. The molecule has 1 aliphatic heterocycles. The molecule has 266 valence electrons. The van der Waals surface area contributed by atoms with E-state index in [2.05, 4.69) is 5.32 Å². The number of imidazole rings is 1. The Labute approximate surface area is 297 Å². The molecule has 0 bridgehead atoms. The van der Waals surface area contributed by atoms with E-state index >= 15 is 0 Å². The maximum atomic E-state index is 14.2. The Balaban J connectivity index is 1.23. The van der Waals surface area contributed by atoms with Crippen LogP contribution in [0.4, 0.5) is 9.59 Å². The van der Waals surface area contributed by atoms with Crippen LogP contribution in [-0.2, 0) is 40.1 Å². The summed E-state index contributed by atoms with van der Waals surface area (Å²) in [6.07, 6.45) is 4.52.